The lowest BCUT2D eigenvalue weighted by Crippen LogP contribution is -2.37. The van der Waals surface area contributed by atoms with Crippen molar-refractivity contribution in [2.45, 2.75) is 64.8 Å². The number of benzene rings is 1. The summed E-state index contributed by atoms with van der Waals surface area (Å²) < 4.78 is 58.3. The van der Waals surface area contributed by atoms with E-state index >= 15 is 0 Å². The van der Waals surface area contributed by atoms with Gasteiger partial charge in [0.25, 0.3) is 11.5 Å². The molecule has 0 bridgehead atoms. The van der Waals surface area contributed by atoms with Crippen molar-refractivity contribution < 1.29 is 36.7 Å². The summed E-state index contributed by atoms with van der Waals surface area (Å²) in [5.74, 6) is -1.12. The highest BCUT2D eigenvalue weighted by Gasteiger charge is 2.31. The Bertz CT molecular complexity index is 1550. The number of alkyl halides is 4. The number of pyridine rings is 1. The van der Waals surface area contributed by atoms with Gasteiger partial charge in [0.1, 0.15) is 11.9 Å². The zero-order valence-corrected chi connectivity index (χ0v) is 24.4. The van der Waals surface area contributed by atoms with Crippen LogP contribution in [-0.2, 0) is 29.2 Å². The van der Waals surface area contributed by atoms with E-state index in [2.05, 4.69) is 25.7 Å². The maximum atomic E-state index is 14.7. The Hall–Kier alpha value is -4.76. The van der Waals surface area contributed by atoms with Gasteiger partial charge in [-0.1, -0.05) is 17.3 Å². The Kier molecular flexibility index (Phi) is 10.9. The van der Waals surface area contributed by atoms with Gasteiger partial charge in [-0.25, -0.2) is 9.07 Å². The summed E-state index contributed by atoms with van der Waals surface area (Å²) >= 11 is 0. The maximum absolute atomic E-state index is 14.7. The van der Waals surface area contributed by atoms with Crippen LogP contribution < -0.4 is 20.9 Å². The van der Waals surface area contributed by atoms with Crippen molar-refractivity contribution in [1.82, 2.24) is 29.8 Å². The third-order valence-corrected chi connectivity index (χ3v) is 7.24. The molecule has 45 heavy (non-hydrogen) atoms. The molecule has 1 fully saturated rings. The highest BCUT2D eigenvalue weighted by molar-refractivity contribution is 5.92. The number of carbonyl (C=O) groups excluding carboxylic acids is 3. The number of nitrogens with one attached hydrogen (secondary N) is 2. The van der Waals surface area contributed by atoms with E-state index < -0.39 is 29.7 Å². The molecule has 12 nitrogen and oxygen atoms in total. The third kappa shape index (κ3) is 10.4. The van der Waals surface area contributed by atoms with Crippen molar-refractivity contribution in [2.24, 2.45) is 5.92 Å². The van der Waals surface area contributed by atoms with Gasteiger partial charge in [-0.2, -0.15) is 0 Å². The first-order chi connectivity index (χ1) is 21.3. The Morgan fingerprint density at radius 1 is 1.13 bits per heavy atom. The molecule has 1 atom stereocenters. The number of amides is 3. The maximum Gasteiger partial charge on any atom is 0.573 e. The second kappa shape index (κ2) is 14.8. The molecule has 1 aliphatic heterocycles. The molecule has 0 radical (unpaired) electrons. The van der Waals surface area contributed by atoms with E-state index in [1.54, 1.807) is 11.0 Å². The van der Waals surface area contributed by atoms with Crippen molar-refractivity contribution in [1.29, 1.82) is 0 Å². The van der Waals surface area contributed by atoms with Crippen LogP contribution in [0.2, 0.25) is 0 Å². The van der Waals surface area contributed by atoms with Gasteiger partial charge < -0.3 is 24.8 Å². The summed E-state index contributed by atoms with van der Waals surface area (Å²) in [6.07, 6.45) is -1.83. The van der Waals surface area contributed by atoms with Crippen molar-refractivity contribution in [3.8, 4) is 5.75 Å². The predicted molar refractivity (Wildman–Crippen MR) is 153 cm³/mol. The van der Waals surface area contributed by atoms with Gasteiger partial charge in [-0.15, -0.1) is 18.3 Å². The number of hydrogen-bond donors (Lipinski definition) is 2. The Balaban J connectivity index is 1.19. The van der Waals surface area contributed by atoms with E-state index in [0.29, 0.717) is 30.8 Å². The van der Waals surface area contributed by atoms with Gasteiger partial charge in [0.2, 0.25) is 11.8 Å². The predicted octanol–water partition coefficient (Wildman–Crippen LogP) is 3.28. The number of hydrogen-bond acceptors (Lipinski definition) is 7. The number of anilines is 1. The smallest absolute Gasteiger partial charge is 0.406 e. The number of rotatable bonds is 12. The molecule has 16 heteroatoms. The van der Waals surface area contributed by atoms with Crippen LogP contribution in [0.4, 0.5) is 23.2 Å². The van der Waals surface area contributed by atoms with Crippen LogP contribution in [0, 0.1) is 5.92 Å². The first-order valence-corrected chi connectivity index (χ1v) is 14.3. The summed E-state index contributed by atoms with van der Waals surface area (Å²) in [4.78, 5) is 50.6. The number of likely N-dealkylation sites (tertiary alicyclic amines) is 1. The molecule has 4 rings (SSSR count). The van der Waals surface area contributed by atoms with Crippen LogP contribution in [0.3, 0.4) is 0 Å². The first kappa shape index (κ1) is 33.1. The third-order valence-electron chi connectivity index (χ3n) is 7.24. The summed E-state index contributed by atoms with van der Waals surface area (Å²) in [6.45, 7) is 2.49. The topological polar surface area (TPSA) is 140 Å². The zero-order valence-electron chi connectivity index (χ0n) is 24.4. The molecule has 1 unspecified atom stereocenters. The molecule has 3 heterocycles. The van der Waals surface area contributed by atoms with Gasteiger partial charge in [-0.3, -0.25) is 19.2 Å². The number of nitrogens with zero attached hydrogens (tertiary/aromatic N) is 5. The van der Waals surface area contributed by atoms with Gasteiger partial charge in [0, 0.05) is 57.5 Å². The molecule has 2 aromatic heterocycles. The van der Waals surface area contributed by atoms with Gasteiger partial charge in [-0.05, 0) is 48.9 Å². The van der Waals surface area contributed by atoms with Crippen LogP contribution in [0.1, 0.15) is 48.7 Å². The lowest BCUT2D eigenvalue weighted by molar-refractivity contribution is -0.274. The van der Waals surface area contributed by atoms with Gasteiger partial charge >= 0.3 is 6.36 Å². The fourth-order valence-electron chi connectivity index (χ4n) is 4.89. The number of piperidine rings is 1. The average Bonchev–Trinajstić information content (AvgIpc) is 3.43. The van der Waals surface area contributed by atoms with Crippen LogP contribution >= 0.6 is 0 Å². The van der Waals surface area contributed by atoms with E-state index in [1.165, 1.54) is 42.1 Å². The molecule has 242 valence electrons. The van der Waals surface area contributed by atoms with E-state index in [9.17, 15) is 36.7 Å². The Morgan fingerprint density at radius 2 is 1.89 bits per heavy atom. The van der Waals surface area contributed by atoms with Crippen molar-refractivity contribution in [3.63, 3.8) is 0 Å². The average molecular weight is 636 g/mol. The number of aryl methyl sites for hydroxylation is 1. The zero-order chi connectivity index (χ0) is 32.6. The molecular formula is C29H33F4N7O5. The molecule has 0 aliphatic carbocycles. The number of ether oxygens (including phenoxy) is 1. The molecule has 1 aliphatic rings. The van der Waals surface area contributed by atoms with E-state index in [0.717, 1.165) is 29.7 Å². The quantitative estimate of drug-likeness (QED) is 0.291. The lowest BCUT2D eigenvalue weighted by Gasteiger charge is -2.30. The molecule has 0 spiro atoms. The highest BCUT2D eigenvalue weighted by Crippen LogP contribution is 2.23. The SMILES string of the molecule is CC(=O)N1CCC(CC(=O)Nc2ccn(CCC(F)Cn3cc(C(=O)NCc4cccc(OC(F)(F)F)c4)nn3)c(=O)c2)CC1. The molecular weight excluding hydrogens is 602 g/mol. The summed E-state index contributed by atoms with van der Waals surface area (Å²) in [5.41, 5.74) is 0.176. The van der Waals surface area contributed by atoms with Crippen LogP contribution in [0.15, 0.2) is 53.6 Å². The second-order valence-corrected chi connectivity index (χ2v) is 10.7. The molecule has 2 N–H and O–H groups in total. The van der Waals surface area contributed by atoms with E-state index in [1.807, 2.05) is 0 Å². The van der Waals surface area contributed by atoms with Gasteiger partial charge in [0.15, 0.2) is 5.69 Å². The standard InChI is InChI=1S/C29H33F4N7O5/c1-19(41)38-9-5-20(6-10-38)14-26(42)35-23-8-12-39(27(43)15-23)11-7-22(30)17-40-18-25(36-37-40)28(44)34-16-21-3-2-4-24(13-21)45-29(31,32)33/h2-4,8,12-13,15,18,20,22H,5-7,9-11,14,16-17H2,1H3,(H,34,44)(H,35,42). The molecule has 3 aromatic rings. The molecule has 3 amide bonds. The number of carbonyl (C=O) groups is 3. The van der Waals surface area contributed by atoms with Crippen LogP contribution in [-0.4, -0.2) is 67.8 Å². The largest absolute Gasteiger partial charge is 0.573 e. The minimum absolute atomic E-state index is 0.0244. The Morgan fingerprint density at radius 3 is 2.58 bits per heavy atom. The monoisotopic (exact) mass is 635 g/mol. The summed E-state index contributed by atoms with van der Waals surface area (Å²) in [7, 11) is 0. The highest BCUT2D eigenvalue weighted by atomic mass is 19.4. The molecule has 0 saturated carbocycles. The van der Waals surface area contributed by atoms with Crippen molar-refractivity contribution in [2.75, 3.05) is 18.4 Å². The normalized spacial score (nSPS) is 14.6. The van der Waals surface area contributed by atoms with Crippen LogP contribution in [0.5, 0.6) is 5.75 Å². The Labute approximate surface area is 255 Å². The van der Waals surface area contributed by atoms with Crippen molar-refractivity contribution in [3.05, 3.63) is 70.4 Å². The fraction of sp³-hybridized carbons (Fsp3) is 0.448. The van der Waals surface area contributed by atoms with E-state index in [-0.39, 0.29) is 49.5 Å². The van der Waals surface area contributed by atoms with Crippen molar-refractivity contribution >= 4 is 23.4 Å². The summed E-state index contributed by atoms with van der Waals surface area (Å²) in [6, 6.07) is 7.96. The number of halogens is 4. The first-order valence-electron chi connectivity index (χ1n) is 14.3. The molecule has 1 saturated heterocycles. The minimum Gasteiger partial charge on any atom is -0.406 e. The number of aromatic nitrogens is 4. The lowest BCUT2D eigenvalue weighted by atomic mass is 9.93. The fourth-order valence-corrected chi connectivity index (χ4v) is 4.89. The second-order valence-electron chi connectivity index (χ2n) is 10.7. The minimum atomic E-state index is -4.84. The van der Waals surface area contributed by atoms with Gasteiger partial charge in [0.05, 0.1) is 12.7 Å². The summed E-state index contributed by atoms with van der Waals surface area (Å²) in [5, 5.41) is 12.7. The van der Waals surface area contributed by atoms with Crippen LogP contribution in [0.25, 0.3) is 0 Å². The molecule has 1 aromatic carbocycles. The van der Waals surface area contributed by atoms with E-state index in [4.69, 9.17) is 0 Å².